The minimum atomic E-state index is -0.111. The van der Waals surface area contributed by atoms with Crippen LogP contribution in [0.4, 0.5) is 0 Å². The Morgan fingerprint density at radius 2 is 1.29 bits per heavy atom. The summed E-state index contributed by atoms with van der Waals surface area (Å²) in [4.78, 5) is 19.1. The predicted octanol–water partition coefficient (Wildman–Crippen LogP) is 9.51. The van der Waals surface area contributed by atoms with E-state index in [1.165, 1.54) is 38.5 Å². The fourth-order valence-corrected chi connectivity index (χ4v) is 7.97. The Morgan fingerprint density at radius 1 is 0.578 bits per heavy atom. The lowest BCUT2D eigenvalue weighted by Gasteiger charge is -2.21. The minimum absolute atomic E-state index is 0.0403. The molecule has 212 valence electrons. The molecule has 0 spiro atoms. The number of hydrogen-bond donors (Lipinski definition) is 0. The molecule has 0 N–H and O–H groups in total. The standard InChI is InChI=1S/C41H27N3O/c1-41(2)33-18-10-8-15-27(33)30-22-31-28-16-9-11-19-36(28)43(37(31)23-34(30)41)25-20-32-26-14-6-7-17-29(26)40(45)44-38(32)35(21-25)42-39(44)24-12-4-3-5-13-24/h3-23H,1-2H3. The Labute approximate surface area is 258 Å². The van der Waals surface area contributed by atoms with E-state index >= 15 is 0 Å². The van der Waals surface area contributed by atoms with Gasteiger partial charge in [-0.2, -0.15) is 0 Å². The van der Waals surface area contributed by atoms with Gasteiger partial charge in [-0.3, -0.25) is 9.20 Å². The zero-order valence-electron chi connectivity index (χ0n) is 24.9. The zero-order chi connectivity index (χ0) is 30.0. The van der Waals surface area contributed by atoms with Gasteiger partial charge in [0.25, 0.3) is 5.56 Å². The SMILES string of the molecule is CC1(C)c2ccccc2-c2cc3c4ccccc4n(-c4cc5nc(-c6ccccc6)n6c(=O)c7ccccc7c(c4)c56)c3cc21. The minimum Gasteiger partial charge on any atom is -0.309 e. The first-order valence-electron chi connectivity index (χ1n) is 15.4. The normalized spacial score (nSPS) is 13.8. The Hall–Kier alpha value is -5.74. The number of benzene rings is 6. The third-order valence-corrected chi connectivity index (χ3v) is 10.1. The van der Waals surface area contributed by atoms with Crippen molar-refractivity contribution in [1.82, 2.24) is 14.0 Å². The number of para-hydroxylation sites is 1. The van der Waals surface area contributed by atoms with E-state index in [1.54, 1.807) is 0 Å². The van der Waals surface area contributed by atoms with E-state index in [-0.39, 0.29) is 11.0 Å². The van der Waals surface area contributed by atoms with Crippen LogP contribution in [0.1, 0.15) is 25.0 Å². The molecule has 0 unspecified atom stereocenters. The third kappa shape index (κ3) is 3.11. The van der Waals surface area contributed by atoms with Crippen molar-refractivity contribution in [2.45, 2.75) is 19.3 Å². The van der Waals surface area contributed by atoms with Gasteiger partial charge in [-0.05, 0) is 64.0 Å². The molecule has 1 aliphatic rings. The molecular weight excluding hydrogens is 550 g/mol. The van der Waals surface area contributed by atoms with Crippen molar-refractivity contribution >= 4 is 49.0 Å². The highest BCUT2D eigenvalue weighted by Gasteiger charge is 2.36. The molecule has 0 atom stereocenters. The maximum Gasteiger partial charge on any atom is 0.264 e. The number of hydrogen-bond acceptors (Lipinski definition) is 2. The van der Waals surface area contributed by atoms with Crippen LogP contribution in [0.5, 0.6) is 0 Å². The molecule has 45 heavy (non-hydrogen) atoms. The molecule has 0 bridgehead atoms. The molecule has 0 radical (unpaired) electrons. The summed E-state index contributed by atoms with van der Waals surface area (Å²) in [6.45, 7) is 4.66. The van der Waals surface area contributed by atoms with Gasteiger partial charge in [0.2, 0.25) is 0 Å². The van der Waals surface area contributed by atoms with Crippen LogP contribution in [0.15, 0.2) is 132 Å². The highest BCUT2D eigenvalue weighted by Crippen LogP contribution is 2.51. The van der Waals surface area contributed by atoms with E-state index < -0.39 is 0 Å². The van der Waals surface area contributed by atoms with Crippen LogP contribution in [0.2, 0.25) is 0 Å². The second-order valence-electron chi connectivity index (χ2n) is 12.8. The van der Waals surface area contributed by atoms with Gasteiger partial charge in [-0.25, -0.2) is 4.98 Å². The third-order valence-electron chi connectivity index (χ3n) is 10.1. The molecule has 10 rings (SSSR count). The lowest BCUT2D eigenvalue weighted by atomic mass is 9.82. The average Bonchev–Trinajstić information content (AvgIpc) is 3.70. The number of pyridine rings is 1. The zero-order valence-corrected chi connectivity index (χ0v) is 24.9. The van der Waals surface area contributed by atoms with Crippen LogP contribution < -0.4 is 5.56 Å². The lowest BCUT2D eigenvalue weighted by molar-refractivity contribution is 0.661. The van der Waals surface area contributed by atoms with Crippen molar-refractivity contribution in [1.29, 1.82) is 0 Å². The molecular formula is C41H27N3O. The van der Waals surface area contributed by atoms with E-state index in [0.29, 0.717) is 11.2 Å². The molecule has 4 heteroatoms. The van der Waals surface area contributed by atoms with Crippen LogP contribution in [0.3, 0.4) is 0 Å². The second kappa shape index (κ2) is 8.46. The topological polar surface area (TPSA) is 39.3 Å². The summed E-state index contributed by atoms with van der Waals surface area (Å²) in [6.07, 6.45) is 0. The quantitative estimate of drug-likeness (QED) is 0.192. The molecule has 4 nitrogen and oxygen atoms in total. The summed E-state index contributed by atoms with van der Waals surface area (Å²) in [5.41, 5.74) is 11.1. The van der Waals surface area contributed by atoms with E-state index in [9.17, 15) is 4.79 Å². The molecule has 0 saturated heterocycles. The van der Waals surface area contributed by atoms with Crippen LogP contribution in [-0.4, -0.2) is 14.0 Å². The summed E-state index contributed by atoms with van der Waals surface area (Å²) in [5, 5.41) is 5.11. The summed E-state index contributed by atoms with van der Waals surface area (Å²) in [6, 6.07) is 44.7. The monoisotopic (exact) mass is 577 g/mol. The molecule has 0 aliphatic heterocycles. The summed E-state index contributed by atoms with van der Waals surface area (Å²) in [7, 11) is 0. The molecule has 9 aromatic rings. The smallest absolute Gasteiger partial charge is 0.264 e. The van der Waals surface area contributed by atoms with Crippen molar-refractivity contribution in [2.24, 2.45) is 0 Å². The first-order chi connectivity index (χ1) is 22.0. The molecule has 3 aromatic heterocycles. The molecule has 0 amide bonds. The predicted molar refractivity (Wildman–Crippen MR) is 185 cm³/mol. The van der Waals surface area contributed by atoms with Crippen LogP contribution >= 0.6 is 0 Å². The van der Waals surface area contributed by atoms with E-state index in [1.807, 2.05) is 52.9 Å². The van der Waals surface area contributed by atoms with Gasteiger partial charge in [0.1, 0.15) is 5.82 Å². The summed E-state index contributed by atoms with van der Waals surface area (Å²) in [5.74, 6) is 0.669. The van der Waals surface area contributed by atoms with Gasteiger partial charge in [0.15, 0.2) is 0 Å². The van der Waals surface area contributed by atoms with Crippen molar-refractivity contribution in [2.75, 3.05) is 0 Å². The fraction of sp³-hybridized carbons (Fsp3) is 0.0732. The maximum absolute atomic E-state index is 14.0. The van der Waals surface area contributed by atoms with Gasteiger partial charge in [-0.15, -0.1) is 0 Å². The molecule has 1 aliphatic carbocycles. The number of nitrogens with zero attached hydrogens (tertiary/aromatic N) is 3. The highest BCUT2D eigenvalue weighted by atomic mass is 16.1. The van der Waals surface area contributed by atoms with Gasteiger partial charge in [0, 0.05) is 38.2 Å². The Balaban J connectivity index is 1.35. The van der Waals surface area contributed by atoms with Gasteiger partial charge in [0.05, 0.1) is 22.1 Å². The van der Waals surface area contributed by atoms with Crippen molar-refractivity contribution in [3.8, 4) is 28.2 Å². The van der Waals surface area contributed by atoms with Gasteiger partial charge < -0.3 is 4.57 Å². The van der Waals surface area contributed by atoms with Crippen LogP contribution in [0.25, 0.3) is 77.2 Å². The number of fused-ring (bicyclic) bond motifs is 8. The first-order valence-corrected chi connectivity index (χ1v) is 15.4. The fourth-order valence-electron chi connectivity index (χ4n) is 7.97. The number of aromatic nitrogens is 3. The Kier molecular flexibility index (Phi) is 4.64. The molecule has 3 heterocycles. The van der Waals surface area contributed by atoms with Crippen molar-refractivity contribution in [3.63, 3.8) is 0 Å². The van der Waals surface area contributed by atoms with Crippen LogP contribution in [-0.2, 0) is 5.41 Å². The maximum atomic E-state index is 14.0. The second-order valence-corrected chi connectivity index (χ2v) is 12.8. The van der Waals surface area contributed by atoms with E-state index in [0.717, 1.165) is 38.6 Å². The van der Waals surface area contributed by atoms with E-state index in [2.05, 4.69) is 97.3 Å². The van der Waals surface area contributed by atoms with E-state index in [4.69, 9.17) is 4.98 Å². The number of rotatable bonds is 2. The average molecular weight is 578 g/mol. The van der Waals surface area contributed by atoms with Gasteiger partial charge in [-0.1, -0.05) is 105 Å². The Morgan fingerprint density at radius 3 is 2.13 bits per heavy atom. The Bertz CT molecular complexity index is 2750. The lowest BCUT2D eigenvalue weighted by Crippen LogP contribution is -2.15. The molecule has 6 aromatic carbocycles. The molecule has 0 saturated carbocycles. The number of imidazole rings is 1. The van der Waals surface area contributed by atoms with Crippen LogP contribution in [0, 0.1) is 0 Å². The summed E-state index contributed by atoms with van der Waals surface area (Å²) >= 11 is 0. The van der Waals surface area contributed by atoms with Gasteiger partial charge >= 0.3 is 0 Å². The largest absolute Gasteiger partial charge is 0.309 e. The van der Waals surface area contributed by atoms with Crippen molar-refractivity contribution < 1.29 is 0 Å². The summed E-state index contributed by atoms with van der Waals surface area (Å²) < 4.78 is 4.20. The van der Waals surface area contributed by atoms with Crippen molar-refractivity contribution in [3.05, 3.63) is 149 Å². The highest BCUT2D eigenvalue weighted by molar-refractivity contribution is 6.15. The first kappa shape index (κ1) is 24.7. The molecule has 0 fully saturated rings.